The lowest BCUT2D eigenvalue weighted by Crippen LogP contribution is -2.10. The number of aryl methyl sites for hydroxylation is 1. The molecule has 0 radical (unpaired) electrons. The van der Waals surface area contributed by atoms with Crippen LogP contribution in [0.1, 0.15) is 5.56 Å². The molecule has 1 aromatic rings. The summed E-state index contributed by atoms with van der Waals surface area (Å²) < 4.78 is 0. The van der Waals surface area contributed by atoms with Crippen LogP contribution in [0.15, 0.2) is 29.2 Å². The van der Waals surface area contributed by atoms with Gasteiger partial charge >= 0.3 is 0 Å². The summed E-state index contributed by atoms with van der Waals surface area (Å²) in [4.78, 5) is 1.23. The molecule has 0 spiro atoms. The monoisotopic (exact) mass is 154 g/mol. The molecule has 1 rings (SSSR count). The second-order valence-electron chi connectivity index (χ2n) is 2.37. The summed E-state index contributed by atoms with van der Waals surface area (Å²) in [6.07, 6.45) is 2.02. The highest BCUT2D eigenvalue weighted by molar-refractivity contribution is 7.94. The molecule has 0 heterocycles. The zero-order valence-electron chi connectivity index (χ0n) is 6.29. The summed E-state index contributed by atoms with van der Waals surface area (Å²) in [5.41, 5.74) is 1.29. The quantitative estimate of drug-likeness (QED) is 0.609. The summed E-state index contributed by atoms with van der Waals surface area (Å²) in [6.45, 7) is 2.08. The van der Waals surface area contributed by atoms with Crippen LogP contribution in [0.2, 0.25) is 0 Å². The Morgan fingerprint density at radius 3 is 2.10 bits per heavy atom. The van der Waals surface area contributed by atoms with Crippen LogP contribution >= 0.6 is 0 Å². The van der Waals surface area contributed by atoms with Gasteiger partial charge in [-0.1, -0.05) is 17.7 Å². The van der Waals surface area contributed by atoms with Crippen molar-refractivity contribution in [3.05, 3.63) is 29.8 Å². The lowest BCUT2D eigenvalue weighted by atomic mass is 10.2. The standard InChI is InChI=1S/C8H12NS/c1-7-3-5-8(6-4-7)10(2)9/h3-6H,9H2,1-2H3/q+1. The van der Waals surface area contributed by atoms with Crippen molar-refractivity contribution < 1.29 is 0 Å². The van der Waals surface area contributed by atoms with E-state index < -0.39 is 0 Å². The van der Waals surface area contributed by atoms with Crippen molar-refractivity contribution in [1.29, 1.82) is 0 Å². The van der Waals surface area contributed by atoms with Gasteiger partial charge in [0.1, 0.15) is 17.3 Å². The summed E-state index contributed by atoms with van der Waals surface area (Å²) >= 11 is -0.0872. The Balaban J connectivity index is 2.89. The van der Waals surface area contributed by atoms with Gasteiger partial charge in [0.15, 0.2) is 4.90 Å². The van der Waals surface area contributed by atoms with E-state index in [2.05, 4.69) is 31.2 Å². The zero-order valence-corrected chi connectivity index (χ0v) is 7.11. The van der Waals surface area contributed by atoms with Gasteiger partial charge in [-0.25, -0.2) is 0 Å². The third-order valence-corrected chi connectivity index (χ3v) is 2.41. The van der Waals surface area contributed by atoms with E-state index in [0.29, 0.717) is 0 Å². The van der Waals surface area contributed by atoms with Crippen LogP contribution in [0.5, 0.6) is 0 Å². The smallest absolute Gasteiger partial charge is 0.146 e. The SMILES string of the molecule is Cc1ccc([S+](C)N)cc1. The lowest BCUT2D eigenvalue weighted by Gasteiger charge is -1.94. The maximum Gasteiger partial charge on any atom is 0.175 e. The summed E-state index contributed by atoms with van der Waals surface area (Å²) in [5.74, 6) is 0. The van der Waals surface area contributed by atoms with E-state index in [1.807, 2.05) is 6.26 Å². The molecule has 0 saturated carbocycles. The van der Waals surface area contributed by atoms with E-state index in [0.717, 1.165) is 0 Å². The second-order valence-corrected chi connectivity index (χ2v) is 3.96. The van der Waals surface area contributed by atoms with E-state index in [-0.39, 0.29) is 11.1 Å². The Kier molecular flexibility index (Phi) is 2.35. The molecule has 2 heteroatoms. The van der Waals surface area contributed by atoms with E-state index in [1.165, 1.54) is 10.5 Å². The summed E-state index contributed by atoms with van der Waals surface area (Å²) in [7, 11) is 0. The molecule has 1 unspecified atom stereocenters. The van der Waals surface area contributed by atoms with Crippen molar-refractivity contribution >= 4 is 11.1 Å². The molecular weight excluding hydrogens is 142 g/mol. The Bertz CT molecular complexity index is 203. The third-order valence-electron chi connectivity index (χ3n) is 1.39. The Hall–Kier alpha value is -0.470. The van der Waals surface area contributed by atoms with Gasteiger partial charge in [-0.05, 0) is 19.1 Å². The highest BCUT2D eigenvalue weighted by atomic mass is 32.2. The molecule has 10 heavy (non-hydrogen) atoms. The molecule has 0 aliphatic carbocycles. The molecule has 0 bridgehead atoms. The molecule has 0 aromatic heterocycles. The molecule has 0 fully saturated rings. The largest absolute Gasteiger partial charge is 0.175 e. The van der Waals surface area contributed by atoms with Crippen LogP contribution < -0.4 is 5.14 Å². The van der Waals surface area contributed by atoms with Gasteiger partial charge in [0, 0.05) is 0 Å². The first-order valence-corrected chi connectivity index (χ1v) is 4.87. The van der Waals surface area contributed by atoms with Crippen molar-refractivity contribution in [2.75, 3.05) is 6.26 Å². The van der Waals surface area contributed by atoms with Gasteiger partial charge in [-0.3, -0.25) is 0 Å². The summed E-state index contributed by atoms with van der Waals surface area (Å²) in [5, 5.41) is 5.69. The van der Waals surface area contributed by atoms with Crippen molar-refractivity contribution in [1.82, 2.24) is 0 Å². The predicted octanol–water partition coefficient (Wildman–Crippen LogP) is 1.48. The maximum absolute atomic E-state index is 5.69. The van der Waals surface area contributed by atoms with Crippen molar-refractivity contribution in [3.8, 4) is 0 Å². The van der Waals surface area contributed by atoms with Gasteiger partial charge < -0.3 is 0 Å². The normalized spacial score (nSPS) is 13.1. The van der Waals surface area contributed by atoms with E-state index in [1.54, 1.807) is 0 Å². The van der Waals surface area contributed by atoms with E-state index in [9.17, 15) is 0 Å². The molecule has 2 N–H and O–H groups in total. The van der Waals surface area contributed by atoms with E-state index in [4.69, 9.17) is 5.14 Å². The number of hydrogen-bond donors (Lipinski definition) is 1. The first kappa shape index (κ1) is 7.63. The fraction of sp³-hybridized carbons (Fsp3) is 0.250. The average Bonchev–Trinajstić information content (AvgIpc) is 1.88. The number of nitrogens with two attached hydrogens (primary N) is 1. The molecule has 0 aliphatic rings. The van der Waals surface area contributed by atoms with Crippen LogP contribution in [-0.2, 0) is 11.1 Å². The first-order valence-electron chi connectivity index (χ1n) is 3.17. The second kappa shape index (κ2) is 3.08. The van der Waals surface area contributed by atoms with Gasteiger partial charge in [-0.2, -0.15) is 0 Å². The van der Waals surface area contributed by atoms with Gasteiger partial charge in [0.2, 0.25) is 0 Å². The molecule has 54 valence electrons. The number of hydrogen-bond acceptors (Lipinski definition) is 1. The molecular formula is C8H12NS+. The van der Waals surface area contributed by atoms with Gasteiger partial charge in [0.05, 0.1) is 0 Å². The average molecular weight is 154 g/mol. The van der Waals surface area contributed by atoms with Crippen molar-refractivity contribution in [2.45, 2.75) is 11.8 Å². The van der Waals surface area contributed by atoms with Gasteiger partial charge in [0.25, 0.3) is 0 Å². The maximum atomic E-state index is 5.69. The van der Waals surface area contributed by atoms with E-state index >= 15 is 0 Å². The minimum atomic E-state index is -0.0872. The highest BCUT2D eigenvalue weighted by Gasteiger charge is 2.06. The number of rotatable bonds is 1. The van der Waals surface area contributed by atoms with Gasteiger partial charge in [-0.15, -0.1) is 5.14 Å². The lowest BCUT2D eigenvalue weighted by molar-refractivity contribution is 1.37. The molecule has 1 nitrogen and oxygen atoms in total. The van der Waals surface area contributed by atoms with Crippen LogP contribution in [0.25, 0.3) is 0 Å². The fourth-order valence-corrected chi connectivity index (χ4v) is 1.32. The van der Waals surface area contributed by atoms with Crippen LogP contribution in [0.3, 0.4) is 0 Å². The Morgan fingerprint density at radius 1 is 1.20 bits per heavy atom. The molecule has 0 saturated heterocycles. The topological polar surface area (TPSA) is 26.0 Å². The minimum absolute atomic E-state index is 0.0872. The number of benzene rings is 1. The molecule has 1 aromatic carbocycles. The molecule has 0 aliphatic heterocycles. The van der Waals surface area contributed by atoms with Crippen LogP contribution in [0, 0.1) is 6.92 Å². The first-order chi connectivity index (χ1) is 4.70. The third kappa shape index (κ3) is 1.75. The Labute approximate surface area is 64.7 Å². The van der Waals surface area contributed by atoms with Crippen molar-refractivity contribution in [2.24, 2.45) is 5.14 Å². The zero-order chi connectivity index (χ0) is 7.56. The predicted molar refractivity (Wildman–Crippen MR) is 46.9 cm³/mol. The van der Waals surface area contributed by atoms with Crippen molar-refractivity contribution in [3.63, 3.8) is 0 Å². The summed E-state index contributed by atoms with van der Waals surface area (Å²) in [6, 6.07) is 8.34. The fourth-order valence-electron chi connectivity index (χ4n) is 0.753. The Morgan fingerprint density at radius 2 is 1.70 bits per heavy atom. The molecule has 1 atom stereocenters. The minimum Gasteiger partial charge on any atom is -0.146 e. The van der Waals surface area contributed by atoms with Crippen LogP contribution in [-0.4, -0.2) is 6.26 Å². The highest BCUT2D eigenvalue weighted by Crippen LogP contribution is 2.07. The molecule has 0 amide bonds. The van der Waals surface area contributed by atoms with Crippen LogP contribution in [0.4, 0.5) is 0 Å².